The highest BCUT2D eigenvalue weighted by atomic mass is 32.1. The molecule has 0 atom stereocenters. The van der Waals surface area contributed by atoms with Crippen molar-refractivity contribution in [1.82, 2.24) is 0 Å². The Morgan fingerprint density at radius 3 is 2.40 bits per heavy atom. The molecule has 4 heteroatoms. The number of anilines is 2. The summed E-state index contributed by atoms with van der Waals surface area (Å²) in [6.07, 6.45) is 0.988. The summed E-state index contributed by atoms with van der Waals surface area (Å²) >= 11 is 4.96. The third-order valence-corrected chi connectivity index (χ3v) is 3.54. The van der Waals surface area contributed by atoms with Gasteiger partial charge in [-0.3, -0.25) is 0 Å². The lowest BCUT2D eigenvalue weighted by atomic mass is 10.1. The van der Waals surface area contributed by atoms with Crippen molar-refractivity contribution in [2.75, 3.05) is 11.9 Å². The summed E-state index contributed by atoms with van der Waals surface area (Å²) in [5.74, 6) is -0.396. The third-order valence-electron chi connectivity index (χ3n) is 3.33. The average Bonchev–Trinajstić information content (AvgIpc) is 2.46. The van der Waals surface area contributed by atoms with E-state index in [1.165, 1.54) is 11.6 Å². The van der Waals surface area contributed by atoms with E-state index in [0.29, 0.717) is 5.69 Å². The van der Waals surface area contributed by atoms with E-state index in [-0.39, 0.29) is 10.6 Å². The summed E-state index contributed by atoms with van der Waals surface area (Å²) < 4.78 is 13.9. The largest absolute Gasteiger partial charge is 0.389 e. The first-order chi connectivity index (χ1) is 9.54. The first-order valence-electron chi connectivity index (χ1n) is 6.45. The zero-order valence-electron chi connectivity index (χ0n) is 11.6. The topological polar surface area (TPSA) is 29.3 Å². The van der Waals surface area contributed by atoms with Crippen LogP contribution < -0.4 is 10.6 Å². The maximum atomic E-state index is 13.9. The SMILES string of the molecule is CCc1ccc(N(C)c2cccc(F)c2C(N)=S)cc1. The standard InChI is InChI=1S/C16H17FN2S/c1-3-11-7-9-12(10-8-11)19(2)14-6-4-5-13(17)15(14)16(18)20/h4-10H,3H2,1-2H3,(H2,18,20). The smallest absolute Gasteiger partial charge is 0.135 e. The van der Waals surface area contributed by atoms with Crippen molar-refractivity contribution in [3.05, 3.63) is 59.4 Å². The zero-order valence-corrected chi connectivity index (χ0v) is 12.4. The van der Waals surface area contributed by atoms with Gasteiger partial charge in [-0.15, -0.1) is 0 Å². The molecular weight excluding hydrogens is 271 g/mol. The van der Waals surface area contributed by atoms with Gasteiger partial charge in [0.15, 0.2) is 0 Å². The fourth-order valence-electron chi connectivity index (χ4n) is 2.13. The van der Waals surface area contributed by atoms with Crippen LogP contribution in [0.1, 0.15) is 18.1 Å². The Balaban J connectivity index is 2.44. The van der Waals surface area contributed by atoms with Crippen LogP contribution in [0.2, 0.25) is 0 Å². The second-order valence-electron chi connectivity index (χ2n) is 4.58. The molecule has 0 aromatic heterocycles. The normalized spacial score (nSPS) is 10.3. The molecule has 2 N–H and O–H groups in total. The van der Waals surface area contributed by atoms with Crippen LogP contribution in [-0.2, 0) is 6.42 Å². The molecule has 0 fully saturated rings. The lowest BCUT2D eigenvalue weighted by molar-refractivity contribution is 0.625. The van der Waals surface area contributed by atoms with Crippen LogP contribution in [0.5, 0.6) is 0 Å². The molecule has 0 heterocycles. The number of thiocarbonyl (C=S) groups is 1. The predicted molar refractivity (Wildman–Crippen MR) is 86.2 cm³/mol. The molecule has 20 heavy (non-hydrogen) atoms. The molecule has 2 aromatic carbocycles. The van der Waals surface area contributed by atoms with Crippen LogP contribution in [0.25, 0.3) is 0 Å². The average molecular weight is 288 g/mol. The van der Waals surface area contributed by atoms with Crippen molar-refractivity contribution in [3.8, 4) is 0 Å². The Labute approximate surface area is 124 Å². The van der Waals surface area contributed by atoms with Crippen molar-refractivity contribution >= 4 is 28.6 Å². The zero-order chi connectivity index (χ0) is 14.7. The molecule has 0 saturated carbocycles. The second kappa shape index (κ2) is 6.01. The molecule has 0 aliphatic rings. The number of rotatable bonds is 4. The van der Waals surface area contributed by atoms with Gasteiger partial charge in [-0.2, -0.15) is 0 Å². The predicted octanol–water partition coefficient (Wildman–Crippen LogP) is 3.79. The van der Waals surface area contributed by atoms with Gasteiger partial charge < -0.3 is 10.6 Å². The number of halogens is 1. The molecule has 0 aliphatic heterocycles. The van der Waals surface area contributed by atoms with Gasteiger partial charge in [-0.1, -0.05) is 37.3 Å². The highest BCUT2D eigenvalue weighted by molar-refractivity contribution is 7.80. The number of hydrogen-bond donors (Lipinski definition) is 1. The van der Waals surface area contributed by atoms with Gasteiger partial charge in [-0.05, 0) is 36.2 Å². The molecule has 2 aromatic rings. The highest BCUT2D eigenvalue weighted by Gasteiger charge is 2.15. The Bertz CT molecular complexity index is 623. The molecule has 0 spiro atoms. The monoisotopic (exact) mass is 288 g/mol. The van der Waals surface area contributed by atoms with E-state index < -0.39 is 5.82 Å². The van der Waals surface area contributed by atoms with Crippen LogP contribution in [0.15, 0.2) is 42.5 Å². The van der Waals surface area contributed by atoms with Crippen molar-refractivity contribution in [3.63, 3.8) is 0 Å². The van der Waals surface area contributed by atoms with E-state index in [2.05, 4.69) is 19.1 Å². The quantitative estimate of drug-likeness (QED) is 0.868. The molecule has 0 aliphatic carbocycles. The van der Waals surface area contributed by atoms with Crippen LogP contribution >= 0.6 is 12.2 Å². The van der Waals surface area contributed by atoms with E-state index in [1.807, 2.05) is 30.1 Å². The summed E-state index contributed by atoms with van der Waals surface area (Å²) in [5, 5.41) is 0. The van der Waals surface area contributed by atoms with E-state index in [0.717, 1.165) is 12.1 Å². The maximum Gasteiger partial charge on any atom is 0.135 e. The van der Waals surface area contributed by atoms with Crippen LogP contribution in [0, 0.1) is 5.82 Å². The number of nitrogens with two attached hydrogens (primary N) is 1. The first kappa shape index (κ1) is 14.5. The van der Waals surface area contributed by atoms with Gasteiger partial charge in [-0.25, -0.2) is 4.39 Å². The minimum atomic E-state index is -0.396. The number of benzene rings is 2. The Hall–Kier alpha value is -1.94. The van der Waals surface area contributed by atoms with Crippen LogP contribution in [-0.4, -0.2) is 12.0 Å². The molecule has 104 valence electrons. The number of nitrogens with zero attached hydrogens (tertiary/aromatic N) is 1. The molecule has 0 saturated heterocycles. The summed E-state index contributed by atoms with van der Waals surface area (Å²) in [6.45, 7) is 2.11. The van der Waals surface area contributed by atoms with E-state index in [9.17, 15) is 4.39 Å². The molecule has 0 radical (unpaired) electrons. The van der Waals surface area contributed by atoms with E-state index >= 15 is 0 Å². The molecule has 0 unspecified atom stereocenters. The molecule has 2 nitrogen and oxygen atoms in total. The minimum absolute atomic E-state index is 0.0649. The van der Waals surface area contributed by atoms with Crippen LogP contribution in [0.3, 0.4) is 0 Å². The van der Waals surface area contributed by atoms with E-state index in [1.54, 1.807) is 6.07 Å². The molecular formula is C16H17FN2S. The van der Waals surface area contributed by atoms with Gasteiger partial charge in [0.25, 0.3) is 0 Å². The minimum Gasteiger partial charge on any atom is -0.389 e. The maximum absolute atomic E-state index is 13.9. The van der Waals surface area contributed by atoms with Gasteiger partial charge in [0.2, 0.25) is 0 Å². The third kappa shape index (κ3) is 2.80. The van der Waals surface area contributed by atoms with E-state index in [4.69, 9.17) is 18.0 Å². The Morgan fingerprint density at radius 2 is 1.85 bits per heavy atom. The molecule has 0 amide bonds. The van der Waals surface area contributed by atoms with Crippen molar-refractivity contribution < 1.29 is 4.39 Å². The number of hydrogen-bond acceptors (Lipinski definition) is 2. The first-order valence-corrected chi connectivity index (χ1v) is 6.86. The fraction of sp³-hybridized carbons (Fsp3) is 0.188. The molecule has 0 bridgehead atoms. The number of aryl methyl sites for hydroxylation is 1. The van der Waals surface area contributed by atoms with Crippen molar-refractivity contribution in [2.45, 2.75) is 13.3 Å². The van der Waals surface area contributed by atoms with Gasteiger partial charge in [0.05, 0.1) is 11.3 Å². The highest BCUT2D eigenvalue weighted by Crippen LogP contribution is 2.28. The fourth-order valence-corrected chi connectivity index (χ4v) is 2.33. The van der Waals surface area contributed by atoms with Gasteiger partial charge >= 0.3 is 0 Å². The summed E-state index contributed by atoms with van der Waals surface area (Å²) in [6, 6.07) is 13.0. The summed E-state index contributed by atoms with van der Waals surface area (Å²) in [7, 11) is 1.87. The van der Waals surface area contributed by atoms with Gasteiger partial charge in [0, 0.05) is 12.7 Å². The summed E-state index contributed by atoms with van der Waals surface area (Å²) in [5.41, 5.74) is 8.82. The summed E-state index contributed by atoms with van der Waals surface area (Å²) in [4.78, 5) is 1.95. The van der Waals surface area contributed by atoms with Crippen LogP contribution in [0.4, 0.5) is 15.8 Å². The van der Waals surface area contributed by atoms with Crippen molar-refractivity contribution in [2.24, 2.45) is 5.73 Å². The lowest BCUT2D eigenvalue weighted by Crippen LogP contribution is -2.19. The van der Waals surface area contributed by atoms with Gasteiger partial charge in [0.1, 0.15) is 10.8 Å². The Kier molecular flexibility index (Phi) is 4.35. The Morgan fingerprint density at radius 1 is 1.20 bits per heavy atom. The lowest BCUT2D eigenvalue weighted by Gasteiger charge is -2.22. The molecule has 2 rings (SSSR count). The second-order valence-corrected chi connectivity index (χ2v) is 5.02. The van der Waals surface area contributed by atoms with Crippen molar-refractivity contribution in [1.29, 1.82) is 0 Å².